The van der Waals surface area contributed by atoms with Gasteiger partial charge in [0.15, 0.2) is 0 Å². The Balaban J connectivity index is 2.71. The first-order valence-electron chi connectivity index (χ1n) is 4.55. The lowest BCUT2D eigenvalue weighted by Gasteiger charge is -2.12. The lowest BCUT2D eigenvalue weighted by Crippen LogP contribution is -2.44. The van der Waals surface area contributed by atoms with Gasteiger partial charge in [-0.1, -0.05) is 12.1 Å². The summed E-state index contributed by atoms with van der Waals surface area (Å²) >= 11 is 0. The summed E-state index contributed by atoms with van der Waals surface area (Å²) < 4.78 is 0. The van der Waals surface area contributed by atoms with E-state index < -0.39 is 18.0 Å². The van der Waals surface area contributed by atoms with Gasteiger partial charge in [-0.2, -0.15) is 0 Å². The molecule has 1 aromatic rings. The van der Waals surface area contributed by atoms with Gasteiger partial charge in [0, 0.05) is 6.42 Å². The molecule has 0 spiro atoms. The highest BCUT2D eigenvalue weighted by Crippen LogP contribution is 2.11. The van der Waals surface area contributed by atoms with E-state index >= 15 is 0 Å². The van der Waals surface area contributed by atoms with Gasteiger partial charge in [-0.15, -0.1) is 0 Å². The van der Waals surface area contributed by atoms with E-state index in [1.54, 1.807) is 12.1 Å². The number of carboxylic acids is 1. The van der Waals surface area contributed by atoms with E-state index in [9.17, 15) is 9.59 Å². The number of aliphatic carboxylic acids is 1. The van der Waals surface area contributed by atoms with Crippen LogP contribution in [0.5, 0.6) is 5.75 Å². The summed E-state index contributed by atoms with van der Waals surface area (Å²) in [6.07, 6.45) is 0.110. The molecule has 0 unspecified atom stereocenters. The Labute approximate surface area is 91.7 Å². The maximum Gasteiger partial charge on any atom is 0.326 e. The van der Waals surface area contributed by atoms with E-state index in [0.29, 0.717) is 5.56 Å². The zero-order chi connectivity index (χ0) is 12.1. The number of primary amides is 1. The second kappa shape index (κ2) is 5.01. The largest absolute Gasteiger partial charge is 0.508 e. The van der Waals surface area contributed by atoms with Crippen LogP contribution in [0.3, 0.4) is 0 Å². The van der Waals surface area contributed by atoms with Gasteiger partial charge in [0.25, 0.3) is 0 Å². The molecule has 6 heteroatoms. The van der Waals surface area contributed by atoms with E-state index in [2.05, 4.69) is 5.32 Å². The number of carbonyl (C=O) groups excluding carboxylic acids is 1. The minimum atomic E-state index is -1.16. The van der Waals surface area contributed by atoms with Crippen molar-refractivity contribution in [1.82, 2.24) is 5.32 Å². The second-order valence-electron chi connectivity index (χ2n) is 3.27. The van der Waals surface area contributed by atoms with Crippen LogP contribution in [-0.4, -0.2) is 28.3 Å². The summed E-state index contributed by atoms with van der Waals surface area (Å²) in [6, 6.07) is 4.09. The van der Waals surface area contributed by atoms with Crippen LogP contribution in [0.15, 0.2) is 24.3 Å². The van der Waals surface area contributed by atoms with E-state index in [0.717, 1.165) is 0 Å². The number of aromatic hydroxyl groups is 1. The molecule has 86 valence electrons. The standard InChI is InChI=1S/C10H12N2O4/c11-10(16)12-8(9(14)15)5-6-1-3-7(13)4-2-6/h1-4,8,13H,5H2,(H,14,15)(H3,11,12,16)/t8-/m1/s1. The van der Waals surface area contributed by atoms with Crippen LogP contribution in [-0.2, 0) is 11.2 Å². The minimum absolute atomic E-state index is 0.0958. The summed E-state index contributed by atoms with van der Waals surface area (Å²) in [4.78, 5) is 21.4. The SMILES string of the molecule is NC(=O)N[C@H](Cc1ccc(O)cc1)C(=O)O. The number of urea groups is 1. The maximum absolute atomic E-state index is 10.8. The molecule has 0 heterocycles. The van der Waals surface area contributed by atoms with Crippen LogP contribution in [0.2, 0.25) is 0 Å². The Kier molecular flexibility index (Phi) is 3.71. The van der Waals surface area contributed by atoms with Crippen molar-refractivity contribution in [1.29, 1.82) is 0 Å². The number of phenols is 1. The topological polar surface area (TPSA) is 113 Å². The molecule has 0 radical (unpaired) electrons. The fourth-order valence-corrected chi connectivity index (χ4v) is 1.24. The number of benzene rings is 1. The van der Waals surface area contributed by atoms with Crippen molar-refractivity contribution < 1.29 is 19.8 Å². The predicted octanol–water partition coefficient (Wildman–Crippen LogP) is 0.0562. The maximum atomic E-state index is 10.8. The number of phenolic OH excluding ortho intramolecular Hbond substituents is 1. The van der Waals surface area contributed by atoms with E-state index in [1.165, 1.54) is 12.1 Å². The fourth-order valence-electron chi connectivity index (χ4n) is 1.24. The van der Waals surface area contributed by atoms with Crippen molar-refractivity contribution in [3.8, 4) is 5.75 Å². The van der Waals surface area contributed by atoms with E-state index in [4.69, 9.17) is 15.9 Å². The fraction of sp³-hybridized carbons (Fsp3) is 0.200. The summed E-state index contributed by atoms with van der Waals surface area (Å²) in [5.41, 5.74) is 5.54. The third-order valence-electron chi connectivity index (χ3n) is 1.99. The number of carbonyl (C=O) groups is 2. The van der Waals surface area contributed by atoms with Gasteiger partial charge >= 0.3 is 12.0 Å². The van der Waals surface area contributed by atoms with Crippen LogP contribution < -0.4 is 11.1 Å². The molecule has 1 aromatic carbocycles. The average Bonchev–Trinajstić information content (AvgIpc) is 2.19. The van der Waals surface area contributed by atoms with Crippen molar-refractivity contribution in [2.24, 2.45) is 5.73 Å². The van der Waals surface area contributed by atoms with E-state index in [1.807, 2.05) is 0 Å². The molecule has 2 amide bonds. The molecule has 0 aliphatic carbocycles. The normalized spacial score (nSPS) is 11.8. The van der Waals surface area contributed by atoms with Gasteiger partial charge in [-0.3, -0.25) is 0 Å². The zero-order valence-corrected chi connectivity index (χ0v) is 8.38. The quantitative estimate of drug-likeness (QED) is 0.579. The molecule has 0 saturated heterocycles. The molecular weight excluding hydrogens is 212 g/mol. The number of rotatable bonds is 4. The number of nitrogens with two attached hydrogens (primary N) is 1. The monoisotopic (exact) mass is 224 g/mol. The van der Waals surface area contributed by atoms with Crippen molar-refractivity contribution in [3.63, 3.8) is 0 Å². The van der Waals surface area contributed by atoms with E-state index in [-0.39, 0.29) is 12.2 Å². The third-order valence-corrected chi connectivity index (χ3v) is 1.99. The minimum Gasteiger partial charge on any atom is -0.508 e. The Morgan fingerprint density at radius 2 is 1.88 bits per heavy atom. The molecule has 5 N–H and O–H groups in total. The van der Waals surface area contributed by atoms with Gasteiger partial charge in [-0.05, 0) is 17.7 Å². The molecule has 1 rings (SSSR count). The van der Waals surface area contributed by atoms with Crippen LogP contribution in [0.1, 0.15) is 5.56 Å². The molecule has 6 nitrogen and oxygen atoms in total. The van der Waals surface area contributed by atoms with Gasteiger partial charge in [0.1, 0.15) is 11.8 Å². The number of hydrogen-bond donors (Lipinski definition) is 4. The predicted molar refractivity (Wildman–Crippen MR) is 56.0 cm³/mol. The number of nitrogens with one attached hydrogen (secondary N) is 1. The molecule has 0 bridgehead atoms. The molecular formula is C10H12N2O4. The van der Waals surface area contributed by atoms with Crippen LogP contribution in [0, 0.1) is 0 Å². The summed E-state index contributed by atoms with van der Waals surface area (Å²) in [5, 5.41) is 20.0. The lowest BCUT2D eigenvalue weighted by atomic mass is 10.1. The Morgan fingerprint density at radius 1 is 1.31 bits per heavy atom. The Morgan fingerprint density at radius 3 is 2.31 bits per heavy atom. The first kappa shape index (κ1) is 11.8. The van der Waals surface area contributed by atoms with Crippen LogP contribution in [0.4, 0.5) is 4.79 Å². The summed E-state index contributed by atoms with van der Waals surface area (Å²) in [5.74, 6) is -1.06. The molecule has 0 aliphatic rings. The van der Waals surface area contributed by atoms with Crippen molar-refractivity contribution in [2.45, 2.75) is 12.5 Å². The third kappa shape index (κ3) is 3.49. The van der Waals surface area contributed by atoms with Crippen molar-refractivity contribution in [2.75, 3.05) is 0 Å². The van der Waals surface area contributed by atoms with Crippen LogP contribution in [0.25, 0.3) is 0 Å². The van der Waals surface area contributed by atoms with Crippen molar-refractivity contribution in [3.05, 3.63) is 29.8 Å². The molecule has 0 saturated carbocycles. The molecule has 16 heavy (non-hydrogen) atoms. The van der Waals surface area contributed by atoms with Crippen LogP contribution >= 0.6 is 0 Å². The smallest absolute Gasteiger partial charge is 0.326 e. The highest BCUT2D eigenvalue weighted by Gasteiger charge is 2.18. The molecule has 1 atom stereocenters. The molecule has 0 fully saturated rings. The summed E-state index contributed by atoms with van der Waals surface area (Å²) in [6.45, 7) is 0. The molecule has 0 aliphatic heterocycles. The highest BCUT2D eigenvalue weighted by molar-refractivity contribution is 5.81. The Bertz CT molecular complexity index is 388. The molecule has 0 aromatic heterocycles. The first-order valence-corrected chi connectivity index (χ1v) is 4.55. The number of hydrogen-bond acceptors (Lipinski definition) is 3. The van der Waals surface area contributed by atoms with Gasteiger partial charge < -0.3 is 21.3 Å². The van der Waals surface area contributed by atoms with Gasteiger partial charge in [-0.25, -0.2) is 9.59 Å². The highest BCUT2D eigenvalue weighted by atomic mass is 16.4. The zero-order valence-electron chi connectivity index (χ0n) is 8.38. The average molecular weight is 224 g/mol. The van der Waals surface area contributed by atoms with Gasteiger partial charge in [0.05, 0.1) is 0 Å². The number of carboxylic acid groups (broad SMARTS) is 1. The lowest BCUT2D eigenvalue weighted by molar-refractivity contribution is -0.139. The first-order chi connectivity index (χ1) is 7.49. The number of amides is 2. The van der Waals surface area contributed by atoms with Crippen molar-refractivity contribution >= 4 is 12.0 Å². The summed E-state index contributed by atoms with van der Waals surface area (Å²) in [7, 11) is 0. The second-order valence-corrected chi connectivity index (χ2v) is 3.27. The van der Waals surface area contributed by atoms with Gasteiger partial charge in [0.2, 0.25) is 0 Å². The Hall–Kier alpha value is -2.24.